The number of nitrogens with zero attached hydrogens (tertiary/aromatic N) is 4. The van der Waals surface area contributed by atoms with Gasteiger partial charge >= 0.3 is 0 Å². The van der Waals surface area contributed by atoms with Crippen molar-refractivity contribution in [3.63, 3.8) is 0 Å². The Bertz CT molecular complexity index is 507. The Hall–Kier alpha value is -2.14. The molecule has 7 heteroatoms. The number of halogens is 2. The van der Waals surface area contributed by atoms with E-state index in [0.29, 0.717) is 6.07 Å². The Morgan fingerprint density at radius 2 is 2.18 bits per heavy atom. The molecule has 0 N–H and O–H groups in total. The van der Waals surface area contributed by atoms with Crippen molar-refractivity contribution in [3.8, 4) is 0 Å². The maximum atomic E-state index is 13.3. The summed E-state index contributed by atoms with van der Waals surface area (Å²) >= 11 is 0. The molecule has 17 heavy (non-hydrogen) atoms. The average Bonchev–Trinajstić information content (AvgIpc) is 2.22. The number of benzene rings is 1. The molecule has 88 valence electrons. The van der Waals surface area contributed by atoms with Crippen molar-refractivity contribution in [1.29, 1.82) is 0 Å². The second kappa shape index (κ2) is 4.39. The molecule has 1 heterocycles. The van der Waals surface area contributed by atoms with Crippen molar-refractivity contribution in [3.05, 3.63) is 45.8 Å². The molecule has 0 saturated carbocycles. The van der Waals surface area contributed by atoms with E-state index in [1.807, 2.05) is 0 Å². The number of azide groups is 1. The van der Waals surface area contributed by atoms with Gasteiger partial charge in [0.2, 0.25) is 0 Å². The van der Waals surface area contributed by atoms with Crippen LogP contribution in [0.4, 0.5) is 8.78 Å². The third kappa shape index (κ3) is 2.19. The van der Waals surface area contributed by atoms with E-state index in [2.05, 4.69) is 10.0 Å². The maximum Gasteiger partial charge on any atom is 0.256 e. The topological polar surface area (TPSA) is 69.1 Å². The Morgan fingerprint density at radius 3 is 2.76 bits per heavy atom. The van der Waals surface area contributed by atoms with E-state index in [1.165, 1.54) is 4.90 Å². The zero-order valence-electron chi connectivity index (χ0n) is 8.68. The highest BCUT2D eigenvalue weighted by Gasteiger charge is 2.31. The van der Waals surface area contributed by atoms with Crippen LogP contribution in [0, 0.1) is 11.6 Å². The Morgan fingerprint density at radius 1 is 1.47 bits per heavy atom. The summed E-state index contributed by atoms with van der Waals surface area (Å²) in [5.41, 5.74) is 8.00. The molecule has 0 aliphatic carbocycles. The number of carbonyl (C=O) groups is 1. The van der Waals surface area contributed by atoms with E-state index in [9.17, 15) is 13.6 Å². The number of carbonyl (C=O) groups excluding carboxylic acids is 1. The molecule has 1 aromatic carbocycles. The first-order valence-corrected chi connectivity index (χ1v) is 4.90. The van der Waals surface area contributed by atoms with Gasteiger partial charge in [-0.3, -0.25) is 4.79 Å². The number of rotatable bonds is 2. The van der Waals surface area contributed by atoms with Crippen molar-refractivity contribution in [2.45, 2.75) is 6.04 Å². The number of likely N-dealkylation sites (tertiary alicyclic amines) is 1. The predicted octanol–water partition coefficient (Wildman–Crippen LogP) is 2.10. The molecule has 1 aromatic rings. The first-order chi connectivity index (χ1) is 8.11. The van der Waals surface area contributed by atoms with Crippen LogP contribution in [0.3, 0.4) is 0 Å². The Labute approximate surface area is 95.3 Å². The van der Waals surface area contributed by atoms with Gasteiger partial charge in [0.05, 0.1) is 11.6 Å². The first-order valence-electron chi connectivity index (χ1n) is 4.90. The van der Waals surface area contributed by atoms with Gasteiger partial charge in [-0.25, -0.2) is 8.78 Å². The fourth-order valence-electron chi connectivity index (χ4n) is 1.60. The second-order valence-corrected chi connectivity index (χ2v) is 3.69. The third-order valence-electron chi connectivity index (χ3n) is 2.53. The van der Waals surface area contributed by atoms with Crippen molar-refractivity contribution >= 4 is 5.91 Å². The molecule has 1 fully saturated rings. The second-order valence-electron chi connectivity index (χ2n) is 3.69. The van der Waals surface area contributed by atoms with Gasteiger partial charge in [0.15, 0.2) is 0 Å². The summed E-state index contributed by atoms with van der Waals surface area (Å²) in [4.78, 5) is 15.7. The van der Waals surface area contributed by atoms with E-state index in [1.54, 1.807) is 0 Å². The van der Waals surface area contributed by atoms with Gasteiger partial charge in [-0.1, -0.05) is 5.11 Å². The van der Waals surface area contributed by atoms with Crippen LogP contribution in [0.2, 0.25) is 0 Å². The van der Waals surface area contributed by atoms with Crippen molar-refractivity contribution in [1.82, 2.24) is 4.90 Å². The molecule has 5 nitrogen and oxygen atoms in total. The largest absolute Gasteiger partial charge is 0.338 e. The minimum absolute atomic E-state index is 0.175. The molecule has 0 radical (unpaired) electrons. The van der Waals surface area contributed by atoms with Gasteiger partial charge in [-0.2, -0.15) is 0 Å². The normalized spacial score (nSPS) is 15.1. The first kappa shape index (κ1) is 11.3. The van der Waals surface area contributed by atoms with Crippen LogP contribution in [0.1, 0.15) is 10.4 Å². The summed E-state index contributed by atoms with van der Waals surface area (Å²) < 4.78 is 25.9. The van der Waals surface area contributed by atoms with Crippen LogP contribution in [-0.4, -0.2) is 29.9 Å². The molecule has 1 saturated heterocycles. The Kier molecular flexibility index (Phi) is 2.93. The van der Waals surface area contributed by atoms with Crippen LogP contribution in [0.15, 0.2) is 23.3 Å². The molecule has 1 aliphatic heterocycles. The monoisotopic (exact) mass is 238 g/mol. The fourth-order valence-corrected chi connectivity index (χ4v) is 1.60. The van der Waals surface area contributed by atoms with Gasteiger partial charge in [-0.05, 0) is 17.7 Å². The molecule has 0 atom stereocenters. The molecule has 1 amide bonds. The van der Waals surface area contributed by atoms with Gasteiger partial charge in [0.25, 0.3) is 5.91 Å². The van der Waals surface area contributed by atoms with Crippen LogP contribution in [-0.2, 0) is 0 Å². The highest BCUT2D eigenvalue weighted by Crippen LogP contribution is 2.18. The summed E-state index contributed by atoms with van der Waals surface area (Å²) in [6, 6.07) is 2.54. The molecular weight excluding hydrogens is 230 g/mol. The molecule has 0 aromatic heterocycles. The van der Waals surface area contributed by atoms with E-state index in [-0.39, 0.29) is 24.7 Å². The number of amides is 1. The molecular formula is C10H8F2N4O. The minimum atomic E-state index is -0.887. The Balaban J connectivity index is 2.09. The van der Waals surface area contributed by atoms with Crippen molar-refractivity contribution in [2.24, 2.45) is 5.11 Å². The van der Waals surface area contributed by atoms with Crippen LogP contribution < -0.4 is 0 Å². The van der Waals surface area contributed by atoms with E-state index < -0.39 is 17.5 Å². The lowest BCUT2D eigenvalue weighted by atomic mass is 10.1. The quantitative estimate of drug-likeness (QED) is 0.442. The standard InChI is InChI=1S/C10H8F2N4O/c11-6-1-2-8(9(12)3-6)10(17)16-4-7(5-16)14-15-13/h1-3,7H,4-5H2. The van der Waals surface area contributed by atoms with Crippen LogP contribution in [0.5, 0.6) is 0 Å². The lowest BCUT2D eigenvalue weighted by molar-refractivity contribution is 0.0603. The zero-order chi connectivity index (χ0) is 12.4. The van der Waals surface area contributed by atoms with Gasteiger partial charge in [0, 0.05) is 24.1 Å². The van der Waals surface area contributed by atoms with Crippen LogP contribution >= 0.6 is 0 Å². The fraction of sp³-hybridized carbons (Fsp3) is 0.300. The minimum Gasteiger partial charge on any atom is -0.338 e. The summed E-state index contributed by atoms with van der Waals surface area (Å²) in [5.74, 6) is -2.14. The third-order valence-corrected chi connectivity index (χ3v) is 2.53. The van der Waals surface area contributed by atoms with Gasteiger partial charge in [0.1, 0.15) is 11.6 Å². The maximum absolute atomic E-state index is 13.3. The lowest BCUT2D eigenvalue weighted by Gasteiger charge is -2.36. The van der Waals surface area contributed by atoms with E-state index >= 15 is 0 Å². The molecule has 0 spiro atoms. The van der Waals surface area contributed by atoms with Crippen molar-refractivity contribution < 1.29 is 13.6 Å². The lowest BCUT2D eigenvalue weighted by Crippen LogP contribution is -2.52. The highest BCUT2D eigenvalue weighted by molar-refractivity contribution is 5.95. The summed E-state index contributed by atoms with van der Waals surface area (Å²) in [6.45, 7) is 0.527. The summed E-state index contributed by atoms with van der Waals surface area (Å²) in [5, 5.41) is 3.43. The molecule has 0 unspecified atom stereocenters. The number of hydrogen-bond acceptors (Lipinski definition) is 2. The zero-order valence-corrected chi connectivity index (χ0v) is 8.68. The van der Waals surface area contributed by atoms with E-state index in [4.69, 9.17) is 5.53 Å². The summed E-state index contributed by atoms with van der Waals surface area (Å²) in [7, 11) is 0. The predicted molar refractivity (Wildman–Crippen MR) is 55.2 cm³/mol. The van der Waals surface area contributed by atoms with Gasteiger partial charge < -0.3 is 4.90 Å². The molecule has 1 aliphatic rings. The van der Waals surface area contributed by atoms with E-state index in [0.717, 1.165) is 12.1 Å². The molecule has 0 bridgehead atoms. The number of hydrogen-bond donors (Lipinski definition) is 0. The SMILES string of the molecule is [N-]=[N+]=NC1CN(C(=O)c2ccc(F)cc2F)C1. The molecule has 2 rings (SSSR count). The highest BCUT2D eigenvalue weighted by atomic mass is 19.1. The smallest absolute Gasteiger partial charge is 0.256 e. The summed E-state index contributed by atoms with van der Waals surface area (Å²) in [6.07, 6.45) is 0. The average molecular weight is 238 g/mol. The van der Waals surface area contributed by atoms with Gasteiger partial charge in [-0.15, -0.1) is 0 Å². The van der Waals surface area contributed by atoms with Crippen molar-refractivity contribution in [2.75, 3.05) is 13.1 Å². The van der Waals surface area contributed by atoms with Crippen LogP contribution in [0.25, 0.3) is 10.4 Å².